The van der Waals surface area contributed by atoms with E-state index in [2.05, 4.69) is 15.6 Å². The number of aromatic nitrogens is 2. The quantitative estimate of drug-likeness (QED) is 0.588. The number of hydrogen-bond donors (Lipinski definition) is 1. The first-order valence-electron chi connectivity index (χ1n) is 7.50. The van der Waals surface area contributed by atoms with Gasteiger partial charge in [-0.3, -0.25) is 0 Å². The van der Waals surface area contributed by atoms with Gasteiger partial charge in [-0.15, -0.1) is 5.10 Å². The normalized spacial score (nSPS) is 12.3. The van der Waals surface area contributed by atoms with Crippen LogP contribution in [-0.4, -0.2) is 42.8 Å². The summed E-state index contributed by atoms with van der Waals surface area (Å²) >= 11 is 5.89. The second-order valence-electron chi connectivity index (χ2n) is 5.02. The average molecular weight is 349 g/mol. The molecule has 0 bridgehead atoms. The van der Waals surface area contributed by atoms with Crippen molar-refractivity contribution in [2.24, 2.45) is 5.16 Å². The molecule has 7 heteroatoms. The monoisotopic (exact) mass is 348 g/mol. The third-order valence-electron chi connectivity index (χ3n) is 3.28. The molecule has 0 fully saturated rings. The van der Waals surface area contributed by atoms with E-state index < -0.39 is 0 Å². The first-order chi connectivity index (χ1) is 11.6. The maximum Gasteiger partial charge on any atom is 0.233 e. The molecule has 0 unspecified atom stereocenters. The molecule has 128 valence electrons. The van der Waals surface area contributed by atoms with Crippen LogP contribution < -0.4 is 10.1 Å². The Balaban J connectivity index is 1.96. The van der Waals surface area contributed by atoms with Crippen molar-refractivity contribution < 1.29 is 9.57 Å². The van der Waals surface area contributed by atoms with Gasteiger partial charge in [-0.2, -0.15) is 0 Å². The highest BCUT2D eigenvalue weighted by Crippen LogP contribution is 2.15. The molecule has 0 saturated heterocycles. The Morgan fingerprint density at radius 2 is 2.08 bits per heavy atom. The minimum atomic E-state index is 0.399. The summed E-state index contributed by atoms with van der Waals surface area (Å²) in [4.78, 5) is 4.84. The van der Waals surface area contributed by atoms with Crippen LogP contribution in [0.2, 0.25) is 5.02 Å². The molecule has 1 heterocycles. The molecule has 0 aliphatic rings. The molecular weight excluding hydrogens is 328 g/mol. The van der Waals surface area contributed by atoms with Crippen molar-refractivity contribution in [1.82, 2.24) is 15.1 Å². The second-order valence-corrected chi connectivity index (χ2v) is 5.46. The van der Waals surface area contributed by atoms with Crippen LogP contribution in [-0.2, 0) is 4.84 Å². The number of hydrogen-bond acceptors (Lipinski definition) is 5. The van der Waals surface area contributed by atoms with E-state index in [1.807, 2.05) is 56.6 Å². The molecule has 2 aromatic rings. The van der Waals surface area contributed by atoms with Crippen LogP contribution in [0.25, 0.3) is 5.69 Å². The summed E-state index contributed by atoms with van der Waals surface area (Å²) < 4.78 is 7.40. The molecule has 1 aromatic heterocycles. The van der Waals surface area contributed by atoms with E-state index in [-0.39, 0.29) is 0 Å². The predicted octanol–water partition coefficient (Wildman–Crippen LogP) is 3.07. The minimum absolute atomic E-state index is 0.399. The van der Waals surface area contributed by atoms with E-state index in [4.69, 9.17) is 21.2 Å². The molecule has 0 amide bonds. The van der Waals surface area contributed by atoms with Crippen molar-refractivity contribution >= 4 is 17.3 Å². The number of nitrogens with zero attached hydrogens (tertiary/aromatic N) is 3. The van der Waals surface area contributed by atoms with Gasteiger partial charge in [0.25, 0.3) is 0 Å². The molecule has 0 aliphatic heterocycles. The zero-order valence-corrected chi connectivity index (χ0v) is 14.7. The molecular formula is C17H21ClN4O2. The maximum absolute atomic E-state index is 5.89. The highest BCUT2D eigenvalue weighted by molar-refractivity contribution is 6.30. The molecule has 0 saturated carbocycles. The molecule has 0 aliphatic carbocycles. The van der Waals surface area contributed by atoms with Crippen molar-refractivity contribution in [2.45, 2.75) is 6.92 Å². The van der Waals surface area contributed by atoms with Crippen molar-refractivity contribution in [3.05, 3.63) is 53.2 Å². The molecule has 0 spiro atoms. The third kappa shape index (κ3) is 5.11. The van der Waals surface area contributed by atoms with Gasteiger partial charge >= 0.3 is 0 Å². The standard InChI is InChI=1S/C17H21ClN4O2/c1-13(16(12-19-2)21-23-3)9-11-24-17-8-10-22(20-17)15-6-4-14(18)5-7-15/h4-10,19H,11-12H2,1-3H3/b13-9-,21-16-. The Morgan fingerprint density at radius 1 is 1.33 bits per heavy atom. The zero-order valence-electron chi connectivity index (χ0n) is 14.0. The van der Waals surface area contributed by atoms with E-state index in [0.717, 1.165) is 17.0 Å². The predicted molar refractivity (Wildman–Crippen MR) is 96.2 cm³/mol. The number of halogens is 1. The van der Waals surface area contributed by atoms with Gasteiger partial charge in [0.1, 0.15) is 13.7 Å². The topological polar surface area (TPSA) is 60.7 Å². The third-order valence-corrected chi connectivity index (χ3v) is 3.53. The van der Waals surface area contributed by atoms with E-state index in [1.54, 1.807) is 4.68 Å². The summed E-state index contributed by atoms with van der Waals surface area (Å²) in [5, 5.41) is 12.1. The Hall–Kier alpha value is -2.31. The first-order valence-corrected chi connectivity index (χ1v) is 7.88. The lowest BCUT2D eigenvalue weighted by Crippen LogP contribution is -2.20. The largest absolute Gasteiger partial charge is 0.472 e. The Morgan fingerprint density at radius 3 is 2.75 bits per heavy atom. The van der Waals surface area contributed by atoms with Gasteiger partial charge in [0.05, 0.1) is 11.4 Å². The highest BCUT2D eigenvalue weighted by Gasteiger charge is 2.04. The molecule has 6 nitrogen and oxygen atoms in total. The van der Waals surface area contributed by atoms with Gasteiger partial charge in [0.2, 0.25) is 5.88 Å². The number of oxime groups is 1. The lowest BCUT2D eigenvalue weighted by atomic mass is 10.2. The van der Waals surface area contributed by atoms with Crippen LogP contribution in [0.15, 0.2) is 53.3 Å². The van der Waals surface area contributed by atoms with Crippen molar-refractivity contribution in [3.63, 3.8) is 0 Å². The van der Waals surface area contributed by atoms with Gasteiger partial charge in [-0.1, -0.05) is 16.8 Å². The highest BCUT2D eigenvalue weighted by atomic mass is 35.5. The van der Waals surface area contributed by atoms with Crippen molar-refractivity contribution in [2.75, 3.05) is 27.3 Å². The van der Waals surface area contributed by atoms with E-state index in [9.17, 15) is 0 Å². The molecule has 1 aromatic carbocycles. The summed E-state index contributed by atoms with van der Waals surface area (Å²) in [6, 6.07) is 9.26. The second kappa shape index (κ2) is 9.10. The summed E-state index contributed by atoms with van der Waals surface area (Å²) in [6.07, 6.45) is 3.78. The zero-order chi connectivity index (χ0) is 17.4. The number of ether oxygens (including phenoxy) is 1. The molecule has 0 radical (unpaired) electrons. The molecule has 0 atom stereocenters. The van der Waals surface area contributed by atoms with Crippen LogP contribution >= 0.6 is 11.6 Å². The number of nitrogens with one attached hydrogen (secondary N) is 1. The molecule has 1 N–H and O–H groups in total. The van der Waals surface area contributed by atoms with Gasteiger partial charge in [-0.25, -0.2) is 4.68 Å². The molecule has 24 heavy (non-hydrogen) atoms. The summed E-state index contributed by atoms with van der Waals surface area (Å²) in [5.41, 5.74) is 2.74. The van der Waals surface area contributed by atoms with E-state index in [0.29, 0.717) is 24.1 Å². The van der Waals surface area contributed by atoms with Crippen LogP contribution in [0.5, 0.6) is 5.88 Å². The summed E-state index contributed by atoms with van der Waals surface area (Å²) in [5.74, 6) is 0.549. The summed E-state index contributed by atoms with van der Waals surface area (Å²) in [7, 11) is 3.39. The SMILES string of the molecule is CNCC(=N/OC)/C(C)=C\COc1ccn(-c2ccc(Cl)cc2)n1. The number of benzene rings is 1. The Labute approximate surface area is 146 Å². The average Bonchev–Trinajstić information content (AvgIpc) is 3.04. The smallest absolute Gasteiger partial charge is 0.233 e. The van der Waals surface area contributed by atoms with Crippen LogP contribution in [0.4, 0.5) is 0 Å². The lowest BCUT2D eigenvalue weighted by molar-refractivity contribution is 0.213. The van der Waals surface area contributed by atoms with Gasteiger partial charge in [0.15, 0.2) is 0 Å². The van der Waals surface area contributed by atoms with Crippen molar-refractivity contribution in [3.8, 4) is 11.6 Å². The Kier molecular flexibility index (Phi) is 6.84. The van der Waals surface area contributed by atoms with Gasteiger partial charge in [0, 0.05) is 23.8 Å². The van der Waals surface area contributed by atoms with Gasteiger partial charge < -0.3 is 14.9 Å². The fourth-order valence-corrected chi connectivity index (χ4v) is 2.14. The van der Waals surface area contributed by atoms with Crippen LogP contribution in [0, 0.1) is 0 Å². The fourth-order valence-electron chi connectivity index (χ4n) is 2.01. The first kappa shape index (κ1) is 18.0. The van der Waals surface area contributed by atoms with Crippen molar-refractivity contribution in [1.29, 1.82) is 0 Å². The minimum Gasteiger partial charge on any atom is -0.472 e. The number of rotatable bonds is 8. The van der Waals surface area contributed by atoms with Crippen LogP contribution in [0.3, 0.4) is 0 Å². The van der Waals surface area contributed by atoms with E-state index >= 15 is 0 Å². The molecule has 2 rings (SSSR count). The lowest BCUT2D eigenvalue weighted by Gasteiger charge is -2.06. The van der Waals surface area contributed by atoms with E-state index in [1.165, 1.54) is 7.11 Å². The summed E-state index contributed by atoms with van der Waals surface area (Å²) in [6.45, 7) is 2.99. The maximum atomic E-state index is 5.89. The van der Waals surface area contributed by atoms with Crippen LogP contribution in [0.1, 0.15) is 6.92 Å². The fraction of sp³-hybridized carbons (Fsp3) is 0.294. The Bertz CT molecular complexity index is 708. The van der Waals surface area contributed by atoms with Gasteiger partial charge in [-0.05, 0) is 49.9 Å².